The maximum Gasteiger partial charge on any atom is 0.265 e. The van der Waals surface area contributed by atoms with Crippen LogP contribution in [0.15, 0.2) is 102 Å². The summed E-state index contributed by atoms with van der Waals surface area (Å²) >= 11 is 1.38. The molecule has 6 nitrogen and oxygen atoms in total. The van der Waals surface area contributed by atoms with Gasteiger partial charge in [0.1, 0.15) is 0 Å². The fraction of sp³-hybridized carbons (Fsp3) is 0.0741. The topological polar surface area (TPSA) is 85.3 Å². The normalized spacial score (nSPS) is 14.6. The lowest BCUT2D eigenvalue weighted by molar-refractivity contribution is -0.130. The number of thiophene rings is 1. The van der Waals surface area contributed by atoms with Gasteiger partial charge in [-0.1, -0.05) is 78.9 Å². The van der Waals surface area contributed by atoms with Gasteiger partial charge >= 0.3 is 0 Å². The average molecular weight is 467 g/mol. The first kappa shape index (κ1) is 21.6. The van der Waals surface area contributed by atoms with Crippen molar-refractivity contribution >= 4 is 34.8 Å². The number of carbonyl (C=O) groups excluding carboxylic acids is 2. The lowest BCUT2D eigenvalue weighted by Gasteiger charge is -2.28. The van der Waals surface area contributed by atoms with Crippen molar-refractivity contribution < 1.29 is 9.59 Å². The molecule has 0 spiro atoms. The molecule has 1 aliphatic rings. The first-order chi connectivity index (χ1) is 16.6. The van der Waals surface area contributed by atoms with E-state index in [-0.39, 0.29) is 24.3 Å². The van der Waals surface area contributed by atoms with Gasteiger partial charge in [0.25, 0.3) is 11.8 Å². The number of guanidine groups is 1. The molecule has 1 fully saturated rings. The Bertz CT molecular complexity index is 1300. The molecule has 0 radical (unpaired) electrons. The zero-order valence-corrected chi connectivity index (χ0v) is 19.0. The molecular weight excluding hydrogens is 444 g/mol. The maximum atomic E-state index is 13.9. The number of rotatable bonds is 6. The van der Waals surface area contributed by atoms with Crippen molar-refractivity contribution in [2.24, 2.45) is 0 Å². The predicted molar refractivity (Wildman–Crippen MR) is 134 cm³/mol. The summed E-state index contributed by atoms with van der Waals surface area (Å²) in [5.74, 6) is -0.361. The molecule has 1 aliphatic heterocycles. The van der Waals surface area contributed by atoms with Crippen LogP contribution in [0.2, 0.25) is 0 Å². The van der Waals surface area contributed by atoms with Gasteiger partial charge in [-0.2, -0.15) is 0 Å². The zero-order valence-electron chi connectivity index (χ0n) is 18.2. The number of amides is 2. The molecule has 5 rings (SSSR count). The molecule has 2 amide bonds. The molecule has 0 aliphatic carbocycles. The summed E-state index contributed by atoms with van der Waals surface area (Å²) in [6.07, 6.45) is 0. The van der Waals surface area contributed by atoms with Crippen molar-refractivity contribution in [3.63, 3.8) is 0 Å². The van der Waals surface area contributed by atoms with Crippen LogP contribution in [0.1, 0.15) is 26.4 Å². The number of hydrogen-bond donors (Lipinski definition) is 3. The molecule has 34 heavy (non-hydrogen) atoms. The molecule has 0 saturated carbocycles. The van der Waals surface area contributed by atoms with Crippen LogP contribution in [-0.4, -0.2) is 22.7 Å². The van der Waals surface area contributed by atoms with Gasteiger partial charge in [0.05, 0.1) is 11.4 Å². The highest BCUT2D eigenvalue weighted by Gasteiger charge is 2.52. The van der Waals surface area contributed by atoms with Crippen molar-refractivity contribution in [1.29, 1.82) is 5.41 Å². The van der Waals surface area contributed by atoms with Crippen LogP contribution in [0.5, 0.6) is 0 Å². The molecule has 0 bridgehead atoms. The van der Waals surface area contributed by atoms with E-state index < -0.39 is 5.54 Å². The van der Waals surface area contributed by atoms with E-state index in [4.69, 9.17) is 5.41 Å². The SMILES string of the molecule is N=C1NC(c2ccccc2)(c2ccccc2)C(=O)N1Cc1cccc(NC(=O)c2cccs2)c1. The minimum absolute atomic E-state index is 0.0331. The van der Waals surface area contributed by atoms with Crippen molar-refractivity contribution in [3.05, 3.63) is 124 Å². The minimum atomic E-state index is -1.18. The van der Waals surface area contributed by atoms with Crippen molar-refractivity contribution in [2.75, 3.05) is 5.32 Å². The summed E-state index contributed by atoms with van der Waals surface area (Å²) in [5, 5.41) is 16.6. The van der Waals surface area contributed by atoms with Crippen LogP contribution < -0.4 is 10.6 Å². The first-order valence-corrected chi connectivity index (χ1v) is 11.7. The molecule has 0 atom stereocenters. The van der Waals surface area contributed by atoms with Gasteiger partial charge in [0, 0.05) is 5.69 Å². The van der Waals surface area contributed by atoms with Crippen LogP contribution in [0.4, 0.5) is 5.69 Å². The lowest BCUT2D eigenvalue weighted by Crippen LogP contribution is -2.45. The Labute approximate surface area is 201 Å². The Hall–Kier alpha value is -4.23. The summed E-state index contributed by atoms with van der Waals surface area (Å²) in [4.78, 5) is 28.4. The van der Waals surface area contributed by atoms with E-state index in [1.165, 1.54) is 16.2 Å². The number of benzene rings is 3. The Kier molecular flexibility index (Phi) is 5.69. The maximum absolute atomic E-state index is 13.9. The highest BCUT2D eigenvalue weighted by atomic mass is 32.1. The van der Waals surface area contributed by atoms with Crippen LogP contribution in [-0.2, 0) is 16.9 Å². The number of nitrogens with one attached hydrogen (secondary N) is 3. The number of hydrogen-bond acceptors (Lipinski definition) is 4. The third-order valence-electron chi connectivity index (χ3n) is 5.83. The molecule has 1 saturated heterocycles. The summed E-state index contributed by atoms with van der Waals surface area (Å²) in [6, 6.07) is 29.9. The highest BCUT2D eigenvalue weighted by Crippen LogP contribution is 2.36. The third kappa shape index (κ3) is 3.86. The van der Waals surface area contributed by atoms with Gasteiger partial charge in [-0.25, -0.2) is 0 Å². The zero-order chi connectivity index (χ0) is 23.5. The van der Waals surface area contributed by atoms with E-state index in [9.17, 15) is 9.59 Å². The van der Waals surface area contributed by atoms with E-state index in [0.717, 1.165) is 16.7 Å². The van der Waals surface area contributed by atoms with E-state index in [1.807, 2.05) is 96.4 Å². The quantitative estimate of drug-likeness (QED) is 0.381. The predicted octanol–water partition coefficient (Wildman–Crippen LogP) is 4.81. The smallest absolute Gasteiger partial charge is 0.265 e. The van der Waals surface area contributed by atoms with E-state index in [2.05, 4.69) is 10.6 Å². The lowest BCUT2D eigenvalue weighted by atomic mass is 9.82. The highest BCUT2D eigenvalue weighted by molar-refractivity contribution is 7.12. The van der Waals surface area contributed by atoms with Gasteiger partial charge in [0.2, 0.25) is 0 Å². The van der Waals surface area contributed by atoms with Gasteiger partial charge < -0.3 is 10.6 Å². The van der Waals surface area contributed by atoms with Crippen molar-refractivity contribution in [1.82, 2.24) is 10.2 Å². The molecule has 2 heterocycles. The van der Waals surface area contributed by atoms with Gasteiger partial charge in [-0.05, 0) is 40.3 Å². The van der Waals surface area contributed by atoms with E-state index >= 15 is 0 Å². The van der Waals surface area contributed by atoms with Crippen LogP contribution >= 0.6 is 11.3 Å². The monoisotopic (exact) mass is 466 g/mol. The van der Waals surface area contributed by atoms with Crippen LogP contribution in [0.25, 0.3) is 0 Å². The Morgan fingerprint density at radius 1 is 0.912 bits per heavy atom. The summed E-state index contributed by atoms with van der Waals surface area (Å²) in [7, 11) is 0. The summed E-state index contributed by atoms with van der Waals surface area (Å²) < 4.78 is 0. The molecular formula is C27H22N4O2S. The molecule has 168 valence electrons. The summed E-state index contributed by atoms with van der Waals surface area (Å²) in [5.41, 5.74) is 1.82. The van der Waals surface area contributed by atoms with Gasteiger partial charge in [-0.3, -0.25) is 19.9 Å². The fourth-order valence-corrected chi connectivity index (χ4v) is 4.84. The molecule has 4 aromatic rings. The number of nitrogens with zero attached hydrogens (tertiary/aromatic N) is 1. The fourth-order valence-electron chi connectivity index (χ4n) is 4.22. The molecule has 3 N–H and O–H groups in total. The second kappa shape index (κ2) is 8.96. The van der Waals surface area contributed by atoms with E-state index in [1.54, 1.807) is 6.07 Å². The third-order valence-corrected chi connectivity index (χ3v) is 6.69. The Balaban J connectivity index is 1.44. The standard InChI is InChI=1S/C27H22N4O2S/c28-26-30-27(20-10-3-1-4-11-20,21-12-5-2-6-13-21)25(33)31(26)18-19-9-7-14-22(17-19)29-24(32)23-15-8-16-34-23/h1-17H,18H2,(H2,28,30)(H,29,32). The second-order valence-electron chi connectivity index (χ2n) is 7.98. The number of anilines is 1. The minimum Gasteiger partial charge on any atom is -0.334 e. The number of carbonyl (C=O) groups is 2. The summed E-state index contributed by atoms with van der Waals surface area (Å²) in [6.45, 7) is 0.203. The average Bonchev–Trinajstić information content (AvgIpc) is 3.49. The van der Waals surface area contributed by atoms with Crippen LogP contribution in [0.3, 0.4) is 0 Å². The Morgan fingerprint density at radius 3 is 2.21 bits per heavy atom. The second-order valence-corrected chi connectivity index (χ2v) is 8.93. The van der Waals surface area contributed by atoms with E-state index in [0.29, 0.717) is 10.6 Å². The molecule has 1 aromatic heterocycles. The Morgan fingerprint density at radius 2 is 1.59 bits per heavy atom. The van der Waals surface area contributed by atoms with Crippen molar-refractivity contribution in [3.8, 4) is 0 Å². The molecule has 3 aromatic carbocycles. The first-order valence-electron chi connectivity index (χ1n) is 10.8. The molecule has 7 heteroatoms. The molecule has 0 unspecified atom stereocenters. The largest absolute Gasteiger partial charge is 0.334 e. The van der Waals surface area contributed by atoms with Crippen LogP contribution in [0, 0.1) is 5.41 Å². The van der Waals surface area contributed by atoms with Crippen molar-refractivity contribution in [2.45, 2.75) is 12.1 Å². The van der Waals surface area contributed by atoms with Gasteiger partial charge in [0.15, 0.2) is 11.5 Å². The van der Waals surface area contributed by atoms with Gasteiger partial charge in [-0.15, -0.1) is 11.3 Å².